The quantitative estimate of drug-likeness (QED) is 0.707. The first-order chi connectivity index (χ1) is 12.6. The molecule has 1 aromatic heterocycles. The lowest BCUT2D eigenvalue weighted by atomic mass is 10.1. The van der Waals surface area contributed by atoms with Gasteiger partial charge in [0.15, 0.2) is 0 Å². The number of amides is 1. The number of hydrogen-bond acceptors (Lipinski definition) is 4. The van der Waals surface area contributed by atoms with Crippen molar-refractivity contribution in [1.29, 1.82) is 0 Å². The topological polar surface area (TPSA) is 68.0 Å². The van der Waals surface area contributed by atoms with Gasteiger partial charge in [-0.25, -0.2) is 0 Å². The summed E-state index contributed by atoms with van der Waals surface area (Å²) >= 11 is 0. The maximum Gasteiger partial charge on any atom is 0.227 e. The molecule has 0 bridgehead atoms. The van der Waals surface area contributed by atoms with Crippen LogP contribution < -0.4 is 5.32 Å². The summed E-state index contributed by atoms with van der Waals surface area (Å²) < 4.78 is 5.25. The molecule has 134 valence electrons. The smallest absolute Gasteiger partial charge is 0.227 e. The van der Waals surface area contributed by atoms with Crippen LogP contribution in [0.4, 0.5) is 0 Å². The van der Waals surface area contributed by atoms with Crippen LogP contribution in [0, 0.1) is 13.8 Å². The Hall–Kier alpha value is -2.95. The lowest BCUT2D eigenvalue weighted by Crippen LogP contribution is -2.25. The SMILES string of the molecule is Cc1ccc(-c2noc(CCC(=O)NCCc3cccc(C)c3)n2)cc1. The Morgan fingerprint density at radius 1 is 1.04 bits per heavy atom. The predicted octanol–water partition coefficient (Wildman–Crippen LogP) is 3.64. The lowest BCUT2D eigenvalue weighted by molar-refractivity contribution is -0.121. The summed E-state index contributed by atoms with van der Waals surface area (Å²) in [5, 5.41) is 6.92. The van der Waals surface area contributed by atoms with E-state index in [-0.39, 0.29) is 5.91 Å². The third kappa shape index (κ3) is 5.02. The molecule has 0 fully saturated rings. The molecule has 1 N–H and O–H groups in total. The van der Waals surface area contributed by atoms with Crippen LogP contribution in [0.2, 0.25) is 0 Å². The number of carbonyl (C=O) groups is 1. The van der Waals surface area contributed by atoms with Crippen molar-refractivity contribution in [2.45, 2.75) is 33.1 Å². The first-order valence-electron chi connectivity index (χ1n) is 8.82. The summed E-state index contributed by atoms with van der Waals surface area (Å²) in [5.41, 5.74) is 4.55. The first-order valence-corrected chi connectivity index (χ1v) is 8.82. The molecule has 3 aromatic rings. The highest BCUT2D eigenvalue weighted by Gasteiger charge is 2.10. The van der Waals surface area contributed by atoms with Crippen LogP contribution in [0.3, 0.4) is 0 Å². The van der Waals surface area contributed by atoms with Crippen LogP contribution in [0.1, 0.15) is 29.0 Å². The fourth-order valence-corrected chi connectivity index (χ4v) is 2.70. The van der Waals surface area contributed by atoms with E-state index in [0.717, 1.165) is 12.0 Å². The van der Waals surface area contributed by atoms with Gasteiger partial charge in [-0.1, -0.05) is 64.8 Å². The second-order valence-electron chi connectivity index (χ2n) is 6.47. The van der Waals surface area contributed by atoms with Crippen molar-refractivity contribution in [1.82, 2.24) is 15.5 Å². The molecule has 0 saturated carbocycles. The Labute approximate surface area is 153 Å². The van der Waals surface area contributed by atoms with Crippen molar-refractivity contribution >= 4 is 5.91 Å². The van der Waals surface area contributed by atoms with E-state index in [1.54, 1.807) is 0 Å². The summed E-state index contributed by atoms with van der Waals surface area (Å²) in [6, 6.07) is 16.2. The number of hydrogen-bond donors (Lipinski definition) is 1. The molecule has 0 aliphatic heterocycles. The molecule has 0 unspecified atom stereocenters. The van der Waals surface area contributed by atoms with Crippen LogP contribution in [0.5, 0.6) is 0 Å². The molecule has 0 radical (unpaired) electrons. The van der Waals surface area contributed by atoms with Crippen molar-refractivity contribution in [3.8, 4) is 11.4 Å². The fraction of sp³-hybridized carbons (Fsp3) is 0.286. The maximum absolute atomic E-state index is 12.0. The molecule has 3 rings (SSSR count). The molecule has 0 saturated heterocycles. The van der Waals surface area contributed by atoms with Gasteiger partial charge in [0.1, 0.15) is 0 Å². The zero-order valence-corrected chi connectivity index (χ0v) is 15.2. The second kappa shape index (κ2) is 8.43. The minimum atomic E-state index is -0.00672. The van der Waals surface area contributed by atoms with E-state index in [9.17, 15) is 4.79 Å². The van der Waals surface area contributed by atoms with Gasteiger partial charge >= 0.3 is 0 Å². The number of benzene rings is 2. The van der Waals surface area contributed by atoms with Crippen molar-refractivity contribution in [3.63, 3.8) is 0 Å². The van der Waals surface area contributed by atoms with Gasteiger partial charge in [0.2, 0.25) is 17.6 Å². The highest BCUT2D eigenvalue weighted by molar-refractivity contribution is 5.76. The van der Waals surface area contributed by atoms with Gasteiger partial charge in [-0.05, 0) is 25.8 Å². The van der Waals surface area contributed by atoms with Crippen LogP contribution >= 0.6 is 0 Å². The van der Waals surface area contributed by atoms with E-state index < -0.39 is 0 Å². The van der Waals surface area contributed by atoms with Gasteiger partial charge in [0.05, 0.1) is 0 Å². The van der Waals surface area contributed by atoms with Crippen LogP contribution in [0.25, 0.3) is 11.4 Å². The van der Waals surface area contributed by atoms with Crippen molar-refractivity contribution in [3.05, 3.63) is 71.1 Å². The molecule has 0 atom stereocenters. The minimum Gasteiger partial charge on any atom is -0.356 e. The average Bonchev–Trinajstić information content (AvgIpc) is 3.10. The van der Waals surface area contributed by atoms with E-state index in [4.69, 9.17) is 4.52 Å². The van der Waals surface area contributed by atoms with Gasteiger partial charge in [-0.15, -0.1) is 0 Å². The summed E-state index contributed by atoms with van der Waals surface area (Å²) in [5.74, 6) is 1.03. The third-order valence-corrected chi connectivity index (χ3v) is 4.16. The van der Waals surface area contributed by atoms with Gasteiger partial charge in [-0.2, -0.15) is 4.98 Å². The molecule has 2 aromatic carbocycles. The average molecular weight is 349 g/mol. The molecule has 5 nitrogen and oxygen atoms in total. The molecule has 0 aliphatic rings. The normalized spacial score (nSPS) is 10.7. The van der Waals surface area contributed by atoms with Crippen molar-refractivity contribution in [2.75, 3.05) is 6.54 Å². The highest BCUT2D eigenvalue weighted by Crippen LogP contribution is 2.16. The Morgan fingerprint density at radius 3 is 2.62 bits per heavy atom. The first kappa shape index (κ1) is 17.9. The third-order valence-electron chi connectivity index (χ3n) is 4.16. The number of nitrogens with zero attached hydrogens (tertiary/aromatic N) is 2. The molecule has 26 heavy (non-hydrogen) atoms. The Bertz CT molecular complexity index is 869. The number of rotatable bonds is 7. The van der Waals surface area contributed by atoms with Crippen molar-refractivity contribution in [2.24, 2.45) is 0 Å². The van der Waals surface area contributed by atoms with E-state index in [1.165, 1.54) is 16.7 Å². The number of nitrogens with one attached hydrogen (secondary N) is 1. The minimum absolute atomic E-state index is 0.00672. The highest BCUT2D eigenvalue weighted by atomic mass is 16.5. The second-order valence-corrected chi connectivity index (χ2v) is 6.47. The van der Waals surface area contributed by atoms with E-state index in [0.29, 0.717) is 31.1 Å². The lowest BCUT2D eigenvalue weighted by Gasteiger charge is -2.05. The largest absolute Gasteiger partial charge is 0.356 e. The molecule has 5 heteroatoms. The number of aryl methyl sites for hydroxylation is 3. The van der Waals surface area contributed by atoms with Gasteiger partial charge in [0.25, 0.3) is 0 Å². The van der Waals surface area contributed by atoms with Gasteiger partial charge < -0.3 is 9.84 Å². The molecular formula is C21H23N3O2. The summed E-state index contributed by atoms with van der Waals surface area (Å²) in [4.78, 5) is 16.3. The van der Waals surface area contributed by atoms with Crippen LogP contribution in [-0.4, -0.2) is 22.6 Å². The monoisotopic (exact) mass is 349 g/mol. The summed E-state index contributed by atoms with van der Waals surface area (Å²) in [7, 11) is 0. The van der Waals surface area contributed by atoms with Gasteiger partial charge in [0, 0.05) is 24.9 Å². The number of aromatic nitrogens is 2. The molecule has 0 spiro atoms. The Balaban J connectivity index is 1.44. The Morgan fingerprint density at radius 2 is 1.85 bits per heavy atom. The molecule has 1 heterocycles. The fourth-order valence-electron chi connectivity index (χ4n) is 2.70. The van der Waals surface area contributed by atoms with Crippen LogP contribution in [-0.2, 0) is 17.6 Å². The zero-order chi connectivity index (χ0) is 18.4. The summed E-state index contributed by atoms with van der Waals surface area (Å²) in [6.07, 6.45) is 1.60. The van der Waals surface area contributed by atoms with Gasteiger partial charge in [-0.3, -0.25) is 4.79 Å². The predicted molar refractivity (Wildman–Crippen MR) is 101 cm³/mol. The van der Waals surface area contributed by atoms with Crippen molar-refractivity contribution < 1.29 is 9.32 Å². The van der Waals surface area contributed by atoms with E-state index in [1.807, 2.05) is 37.3 Å². The standard InChI is InChI=1S/C21H23N3O2/c1-15-6-8-18(9-7-15)21-23-20(26-24-21)11-10-19(25)22-13-12-17-5-3-4-16(2)14-17/h3-9,14H,10-13H2,1-2H3,(H,22,25). The summed E-state index contributed by atoms with van der Waals surface area (Å²) in [6.45, 7) is 4.72. The van der Waals surface area contributed by atoms with E-state index in [2.05, 4.69) is 40.6 Å². The molecule has 0 aliphatic carbocycles. The Kier molecular flexibility index (Phi) is 5.79. The van der Waals surface area contributed by atoms with Crippen LogP contribution in [0.15, 0.2) is 53.1 Å². The zero-order valence-electron chi connectivity index (χ0n) is 15.2. The molecular weight excluding hydrogens is 326 g/mol. The maximum atomic E-state index is 12.0. The molecule has 1 amide bonds. The van der Waals surface area contributed by atoms with E-state index >= 15 is 0 Å². The number of carbonyl (C=O) groups excluding carboxylic acids is 1.